The third kappa shape index (κ3) is 4.85. The Labute approximate surface area is 165 Å². The summed E-state index contributed by atoms with van der Waals surface area (Å²) in [7, 11) is 0. The van der Waals surface area contributed by atoms with Gasteiger partial charge in [0.15, 0.2) is 0 Å². The smallest absolute Gasteiger partial charge is 0.251 e. The van der Waals surface area contributed by atoms with Crippen LogP contribution >= 0.6 is 0 Å². The van der Waals surface area contributed by atoms with Crippen molar-refractivity contribution in [1.29, 1.82) is 0 Å². The van der Waals surface area contributed by atoms with Crippen LogP contribution in [0.25, 0.3) is 0 Å². The van der Waals surface area contributed by atoms with Gasteiger partial charge in [-0.15, -0.1) is 0 Å². The molecule has 2 aromatic carbocycles. The summed E-state index contributed by atoms with van der Waals surface area (Å²) in [5, 5.41) is 3.13. The largest absolute Gasteiger partial charge is 0.345 e. The zero-order valence-electron chi connectivity index (χ0n) is 16.4. The fraction of sp³-hybridized carbons (Fsp3) is 0.348. The molecule has 0 aromatic heterocycles. The molecule has 5 heteroatoms. The maximum Gasteiger partial charge on any atom is 0.251 e. The number of hydrogen-bond acceptors (Lipinski definition) is 3. The van der Waals surface area contributed by atoms with E-state index in [1.807, 2.05) is 30.3 Å². The lowest BCUT2D eigenvalue weighted by atomic mass is 9.96. The molecule has 1 saturated heterocycles. The van der Waals surface area contributed by atoms with Crippen LogP contribution in [0.3, 0.4) is 0 Å². The molecule has 2 aromatic rings. The molecule has 1 fully saturated rings. The molecule has 1 aliphatic rings. The zero-order chi connectivity index (χ0) is 20.1. The van der Waals surface area contributed by atoms with E-state index in [4.69, 9.17) is 0 Å². The molecular weight excluding hydrogens is 352 g/mol. The molecule has 146 valence electrons. The van der Waals surface area contributed by atoms with Crippen LogP contribution in [0.5, 0.6) is 0 Å². The van der Waals surface area contributed by atoms with E-state index in [2.05, 4.69) is 19.2 Å². The van der Waals surface area contributed by atoms with Crippen LogP contribution in [-0.4, -0.2) is 22.6 Å². The second kappa shape index (κ2) is 8.83. The highest BCUT2D eigenvalue weighted by atomic mass is 16.2. The molecule has 28 heavy (non-hydrogen) atoms. The number of nitrogens with one attached hydrogen (secondary N) is 1. The molecule has 0 bridgehead atoms. The third-order valence-electron chi connectivity index (χ3n) is 4.93. The molecule has 0 unspecified atom stereocenters. The Hall–Kier alpha value is -2.95. The van der Waals surface area contributed by atoms with Gasteiger partial charge in [-0.3, -0.25) is 19.3 Å². The predicted molar refractivity (Wildman–Crippen MR) is 107 cm³/mol. The fourth-order valence-electron chi connectivity index (χ4n) is 3.42. The van der Waals surface area contributed by atoms with Gasteiger partial charge in [-0.05, 0) is 35.6 Å². The first-order chi connectivity index (χ1) is 13.4. The van der Waals surface area contributed by atoms with Crippen molar-refractivity contribution >= 4 is 17.7 Å². The summed E-state index contributed by atoms with van der Waals surface area (Å²) < 4.78 is 0. The number of carbonyl (C=O) groups excluding carboxylic acids is 3. The topological polar surface area (TPSA) is 66.5 Å². The zero-order valence-corrected chi connectivity index (χ0v) is 16.4. The highest BCUT2D eigenvalue weighted by Gasteiger charge is 2.28. The summed E-state index contributed by atoms with van der Waals surface area (Å²) in [6.07, 6.45) is 1.43. The molecule has 1 N–H and O–H groups in total. The standard InChI is InChI=1S/C23H26N2O3/c1-16(2)14-20(18-6-4-3-5-7-18)24-23(28)19-10-8-17(9-11-19)15-25-21(26)12-13-22(25)27/h3-11,16,20H,12-15H2,1-2H3,(H,24,28)/t20-/m0/s1. The van der Waals surface area contributed by atoms with Crippen LogP contribution in [0.2, 0.25) is 0 Å². The maximum atomic E-state index is 12.7. The van der Waals surface area contributed by atoms with Crippen LogP contribution < -0.4 is 5.32 Å². The Bertz CT molecular complexity index is 828. The second-order valence-corrected chi connectivity index (χ2v) is 7.64. The number of hydrogen-bond donors (Lipinski definition) is 1. The Morgan fingerprint density at radius 3 is 2.14 bits per heavy atom. The van der Waals surface area contributed by atoms with Gasteiger partial charge in [-0.2, -0.15) is 0 Å². The van der Waals surface area contributed by atoms with Gasteiger partial charge in [0, 0.05) is 18.4 Å². The van der Waals surface area contributed by atoms with Gasteiger partial charge in [0.05, 0.1) is 12.6 Å². The Kier molecular flexibility index (Phi) is 6.24. The molecule has 0 radical (unpaired) electrons. The van der Waals surface area contributed by atoms with E-state index in [9.17, 15) is 14.4 Å². The molecule has 0 spiro atoms. The summed E-state index contributed by atoms with van der Waals surface area (Å²) in [6, 6.07) is 17.0. The summed E-state index contributed by atoms with van der Waals surface area (Å²) in [4.78, 5) is 37.5. The molecule has 3 amide bonds. The first kappa shape index (κ1) is 19.8. The van der Waals surface area contributed by atoms with Gasteiger partial charge in [0.2, 0.25) is 11.8 Å². The average molecular weight is 378 g/mol. The minimum Gasteiger partial charge on any atom is -0.345 e. The normalized spacial score (nSPS) is 15.2. The number of carbonyl (C=O) groups is 3. The van der Waals surface area contributed by atoms with Crippen molar-refractivity contribution in [2.24, 2.45) is 5.92 Å². The van der Waals surface area contributed by atoms with E-state index < -0.39 is 0 Å². The first-order valence-corrected chi connectivity index (χ1v) is 9.72. The van der Waals surface area contributed by atoms with Crippen LogP contribution in [-0.2, 0) is 16.1 Å². The van der Waals surface area contributed by atoms with E-state index in [0.29, 0.717) is 11.5 Å². The summed E-state index contributed by atoms with van der Waals surface area (Å²) in [5.41, 5.74) is 2.49. The van der Waals surface area contributed by atoms with Crippen molar-refractivity contribution in [1.82, 2.24) is 10.2 Å². The van der Waals surface area contributed by atoms with Gasteiger partial charge < -0.3 is 5.32 Å². The Morgan fingerprint density at radius 1 is 0.964 bits per heavy atom. The molecule has 1 atom stereocenters. The number of rotatable bonds is 7. The molecule has 0 aliphatic carbocycles. The van der Waals surface area contributed by atoms with Crippen molar-refractivity contribution in [3.05, 3.63) is 71.3 Å². The van der Waals surface area contributed by atoms with Crippen molar-refractivity contribution in [3.8, 4) is 0 Å². The summed E-state index contributed by atoms with van der Waals surface area (Å²) >= 11 is 0. The number of nitrogens with zero attached hydrogens (tertiary/aromatic N) is 1. The van der Waals surface area contributed by atoms with Crippen molar-refractivity contribution in [2.45, 2.75) is 45.7 Å². The van der Waals surface area contributed by atoms with Gasteiger partial charge in [-0.25, -0.2) is 0 Å². The number of imide groups is 1. The molecule has 1 heterocycles. The van der Waals surface area contributed by atoms with E-state index >= 15 is 0 Å². The number of likely N-dealkylation sites (tertiary alicyclic amines) is 1. The molecule has 5 nitrogen and oxygen atoms in total. The average Bonchev–Trinajstić information content (AvgIpc) is 3.00. The summed E-state index contributed by atoms with van der Waals surface area (Å²) in [6.45, 7) is 4.54. The predicted octanol–water partition coefficient (Wildman–Crippen LogP) is 3.85. The Morgan fingerprint density at radius 2 is 1.57 bits per heavy atom. The molecule has 3 rings (SSSR count). The van der Waals surface area contributed by atoms with Gasteiger partial charge in [-0.1, -0.05) is 56.3 Å². The first-order valence-electron chi connectivity index (χ1n) is 9.72. The van der Waals surface area contributed by atoms with Crippen LogP contribution in [0.15, 0.2) is 54.6 Å². The lowest BCUT2D eigenvalue weighted by Gasteiger charge is -2.21. The monoisotopic (exact) mass is 378 g/mol. The van der Waals surface area contributed by atoms with Crippen LogP contribution in [0, 0.1) is 5.92 Å². The summed E-state index contributed by atoms with van der Waals surface area (Å²) in [5.74, 6) is 0.0511. The quantitative estimate of drug-likeness (QED) is 0.744. The second-order valence-electron chi connectivity index (χ2n) is 7.64. The van der Waals surface area contributed by atoms with E-state index in [0.717, 1.165) is 17.5 Å². The van der Waals surface area contributed by atoms with Crippen molar-refractivity contribution < 1.29 is 14.4 Å². The highest BCUT2D eigenvalue weighted by Crippen LogP contribution is 2.22. The van der Waals surface area contributed by atoms with Crippen molar-refractivity contribution in [3.63, 3.8) is 0 Å². The molecule has 0 saturated carbocycles. The maximum absolute atomic E-state index is 12.7. The minimum absolute atomic E-state index is 0.0479. The molecular formula is C23H26N2O3. The van der Waals surface area contributed by atoms with Crippen molar-refractivity contribution in [2.75, 3.05) is 0 Å². The van der Waals surface area contributed by atoms with E-state index in [1.54, 1.807) is 24.3 Å². The minimum atomic E-state index is -0.133. The fourth-order valence-corrected chi connectivity index (χ4v) is 3.42. The lowest BCUT2D eigenvalue weighted by Crippen LogP contribution is -2.30. The number of benzene rings is 2. The van der Waals surface area contributed by atoms with Gasteiger partial charge in [0.1, 0.15) is 0 Å². The molecule has 1 aliphatic heterocycles. The van der Waals surface area contributed by atoms with Gasteiger partial charge >= 0.3 is 0 Å². The third-order valence-corrected chi connectivity index (χ3v) is 4.93. The van der Waals surface area contributed by atoms with Crippen LogP contribution in [0.4, 0.5) is 0 Å². The lowest BCUT2D eigenvalue weighted by molar-refractivity contribution is -0.139. The van der Waals surface area contributed by atoms with E-state index in [1.165, 1.54) is 4.90 Å². The van der Waals surface area contributed by atoms with Crippen LogP contribution in [0.1, 0.15) is 60.6 Å². The van der Waals surface area contributed by atoms with Gasteiger partial charge in [0.25, 0.3) is 5.91 Å². The SMILES string of the molecule is CC(C)C[C@H](NC(=O)c1ccc(CN2C(=O)CCC2=O)cc1)c1ccccc1. The highest BCUT2D eigenvalue weighted by molar-refractivity contribution is 6.01. The number of amides is 3. The Balaban J connectivity index is 1.67. The van der Waals surface area contributed by atoms with E-state index in [-0.39, 0.29) is 43.1 Å².